The van der Waals surface area contributed by atoms with Gasteiger partial charge in [0.25, 0.3) is 5.69 Å². The maximum atomic E-state index is 11.4. The molecular formula is C11H11BrClNO4. The van der Waals surface area contributed by atoms with E-state index in [2.05, 4.69) is 15.9 Å². The summed E-state index contributed by atoms with van der Waals surface area (Å²) in [6.07, 6.45) is -0.00716. The first-order valence-corrected chi connectivity index (χ1v) is 6.66. The fourth-order valence-electron chi connectivity index (χ4n) is 1.44. The summed E-state index contributed by atoms with van der Waals surface area (Å²) in [6.45, 7) is 1.98. The number of nitrogens with zero attached hydrogens (tertiary/aromatic N) is 1. The average Bonchev–Trinajstić information content (AvgIpc) is 2.30. The zero-order valence-electron chi connectivity index (χ0n) is 9.61. The number of carbonyl (C=O) groups is 1. The molecule has 0 unspecified atom stereocenters. The summed E-state index contributed by atoms with van der Waals surface area (Å²) in [4.78, 5) is 21.6. The van der Waals surface area contributed by atoms with Crippen LogP contribution in [-0.2, 0) is 21.3 Å². The van der Waals surface area contributed by atoms with E-state index in [9.17, 15) is 14.9 Å². The lowest BCUT2D eigenvalue weighted by Crippen LogP contribution is -2.09. The molecule has 0 bridgehead atoms. The number of carbonyl (C=O) groups excluding carboxylic acids is 1. The minimum atomic E-state index is -0.574. The van der Waals surface area contributed by atoms with Crippen LogP contribution in [0.25, 0.3) is 0 Å². The van der Waals surface area contributed by atoms with Crippen molar-refractivity contribution in [3.8, 4) is 0 Å². The summed E-state index contributed by atoms with van der Waals surface area (Å²) in [5, 5.41) is 11.3. The number of rotatable bonds is 5. The molecule has 0 fully saturated rings. The van der Waals surface area contributed by atoms with E-state index in [0.29, 0.717) is 10.9 Å². The summed E-state index contributed by atoms with van der Waals surface area (Å²) in [5.74, 6) is -0.420. The number of hydrogen-bond donors (Lipinski definition) is 0. The fraction of sp³-hybridized carbons (Fsp3) is 0.364. The van der Waals surface area contributed by atoms with E-state index in [4.69, 9.17) is 16.3 Å². The highest BCUT2D eigenvalue weighted by atomic mass is 79.9. The first-order chi connectivity index (χ1) is 8.49. The van der Waals surface area contributed by atoms with E-state index in [1.807, 2.05) is 0 Å². The Bertz CT molecular complexity index is 478. The van der Waals surface area contributed by atoms with Crippen molar-refractivity contribution in [1.29, 1.82) is 0 Å². The molecule has 98 valence electrons. The van der Waals surface area contributed by atoms with E-state index in [0.717, 1.165) is 5.56 Å². The molecule has 0 saturated carbocycles. The van der Waals surface area contributed by atoms with Gasteiger partial charge < -0.3 is 4.74 Å². The molecule has 0 N–H and O–H groups in total. The van der Waals surface area contributed by atoms with Gasteiger partial charge in [-0.2, -0.15) is 0 Å². The molecule has 7 heteroatoms. The molecule has 0 heterocycles. The lowest BCUT2D eigenvalue weighted by Gasteiger charge is -2.08. The average molecular weight is 337 g/mol. The third kappa shape index (κ3) is 3.68. The maximum Gasteiger partial charge on any atom is 0.310 e. The first-order valence-electron chi connectivity index (χ1n) is 5.16. The van der Waals surface area contributed by atoms with Crippen molar-refractivity contribution in [1.82, 2.24) is 0 Å². The Morgan fingerprint density at radius 2 is 2.17 bits per heavy atom. The van der Waals surface area contributed by atoms with Gasteiger partial charge in [0.1, 0.15) is 5.02 Å². The van der Waals surface area contributed by atoms with Gasteiger partial charge in [-0.15, -0.1) is 0 Å². The molecule has 1 aromatic rings. The summed E-state index contributed by atoms with van der Waals surface area (Å²) >= 11 is 9.05. The van der Waals surface area contributed by atoms with Gasteiger partial charge >= 0.3 is 5.97 Å². The molecule has 0 atom stereocenters. The van der Waals surface area contributed by atoms with Gasteiger partial charge in [0.05, 0.1) is 18.0 Å². The van der Waals surface area contributed by atoms with Gasteiger partial charge in [-0.05, 0) is 24.1 Å². The molecule has 0 aliphatic rings. The number of alkyl halides is 1. The van der Waals surface area contributed by atoms with Gasteiger partial charge in [-0.25, -0.2) is 0 Å². The van der Waals surface area contributed by atoms with Crippen molar-refractivity contribution in [3.63, 3.8) is 0 Å². The number of benzene rings is 1. The van der Waals surface area contributed by atoms with E-state index in [1.54, 1.807) is 6.92 Å². The Balaban J connectivity index is 3.11. The smallest absolute Gasteiger partial charge is 0.310 e. The quantitative estimate of drug-likeness (QED) is 0.358. The predicted molar refractivity (Wildman–Crippen MR) is 71.1 cm³/mol. The molecule has 0 aliphatic heterocycles. The number of nitro groups is 1. The summed E-state index contributed by atoms with van der Waals surface area (Å²) < 4.78 is 4.82. The highest BCUT2D eigenvalue weighted by Gasteiger charge is 2.18. The zero-order chi connectivity index (χ0) is 13.7. The highest BCUT2D eigenvalue weighted by Crippen LogP contribution is 2.29. The maximum absolute atomic E-state index is 11.4. The minimum absolute atomic E-state index is 0.00716. The van der Waals surface area contributed by atoms with Crippen molar-refractivity contribution < 1.29 is 14.5 Å². The number of hydrogen-bond acceptors (Lipinski definition) is 4. The molecule has 0 radical (unpaired) electrons. The van der Waals surface area contributed by atoms with Crippen molar-refractivity contribution in [2.75, 3.05) is 6.61 Å². The number of esters is 1. The second kappa shape index (κ2) is 6.70. The van der Waals surface area contributed by atoms with Crippen LogP contribution in [0.3, 0.4) is 0 Å². The van der Waals surface area contributed by atoms with Gasteiger partial charge in [0.15, 0.2) is 0 Å². The molecule has 0 aliphatic carbocycles. The van der Waals surface area contributed by atoms with Crippen LogP contribution in [0.2, 0.25) is 5.02 Å². The number of halogens is 2. The Morgan fingerprint density at radius 1 is 1.50 bits per heavy atom. The van der Waals surface area contributed by atoms with Crippen LogP contribution in [0.15, 0.2) is 12.1 Å². The second-order valence-corrected chi connectivity index (χ2v) is 4.41. The summed E-state index contributed by atoms with van der Waals surface area (Å²) in [6, 6.07) is 2.80. The second-order valence-electron chi connectivity index (χ2n) is 3.44. The van der Waals surface area contributed by atoms with Gasteiger partial charge in [0, 0.05) is 11.4 Å². The summed E-state index contributed by atoms with van der Waals surface area (Å²) in [7, 11) is 0. The van der Waals surface area contributed by atoms with Crippen LogP contribution >= 0.6 is 27.5 Å². The Kier molecular flexibility index (Phi) is 5.55. The molecule has 1 rings (SSSR count). The van der Waals surface area contributed by atoms with Crippen LogP contribution in [-0.4, -0.2) is 17.5 Å². The van der Waals surface area contributed by atoms with E-state index < -0.39 is 10.9 Å². The van der Waals surface area contributed by atoms with Crippen molar-refractivity contribution in [2.24, 2.45) is 0 Å². The molecule has 0 amide bonds. The van der Waals surface area contributed by atoms with Crippen LogP contribution in [0, 0.1) is 10.1 Å². The van der Waals surface area contributed by atoms with Gasteiger partial charge in [-0.1, -0.05) is 27.5 Å². The van der Waals surface area contributed by atoms with E-state index in [1.165, 1.54) is 12.1 Å². The Hall–Kier alpha value is -1.14. The van der Waals surface area contributed by atoms with Gasteiger partial charge in [-0.3, -0.25) is 14.9 Å². The van der Waals surface area contributed by atoms with Crippen LogP contribution in [0.5, 0.6) is 0 Å². The molecule has 18 heavy (non-hydrogen) atoms. The van der Waals surface area contributed by atoms with Crippen molar-refractivity contribution in [2.45, 2.75) is 18.7 Å². The van der Waals surface area contributed by atoms with Crippen LogP contribution in [0.4, 0.5) is 5.69 Å². The fourth-order valence-corrected chi connectivity index (χ4v) is 2.22. The zero-order valence-corrected chi connectivity index (χ0v) is 12.0. The molecule has 0 spiro atoms. The number of nitro benzene ring substituents is 1. The SMILES string of the molecule is CCOC(=O)Cc1cc([N+](=O)[O-])c(Cl)cc1CBr. The molecule has 0 aromatic heterocycles. The molecule has 5 nitrogen and oxygen atoms in total. The lowest BCUT2D eigenvalue weighted by molar-refractivity contribution is -0.384. The topological polar surface area (TPSA) is 69.4 Å². The minimum Gasteiger partial charge on any atom is -0.466 e. The molecule has 0 saturated heterocycles. The molecule has 1 aromatic carbocycles. The normalized spacial score (nSPS) is 10.2. The summed E-state index contributed by atoms with van der Waals surface area (Å²) in [5.41, 5.74) is 1.07. The largest absolute Gasteiger partial charge is 0.466 e. The lowest BCUT2D eigenvalue weighted by atomic mass is 10.0. The Morgan fingerprint density at radius 3 is 2.67 bits per heavy atom. The van der Waals surface area contributed by atoms with Crippen LogP contribution < -0.4 is 0 Å². The monoisotopic (exact) mass is 335 g/mol. The van der Waals surface area contributed by atoms with Gasteiger partial charge in [0.2, 0.25) is 0 Å². The predicted octanol–water partition coefficient (Wildman–Crippen LogP) is 3.25. The number of ether oxygens (including phenoxy) is 1. The van der Waals surface area contributed by atoms with Crippen LogP contribution in [0.1, 0.15) is 18.1 Å². The van der Waals surface area contributed by atoms with E-state index in [-0.39, 0.29) is 23.7 Å². The standard InChI is InChI=1S/C11H11BrClNO4/c1-2-18-11(15)5-7-4-10(14(16)17)9(13)3-8(7)6-12/h3-4H,2,5-6H2,1H3. The molecular weight excluding hydrogens is 325 g/mol. The Labute approximate surface area is 117 Å². The van der Waals surface area contributed by atoms with Crippen molar-refractivity contribution >= 4 is 39.2 Å². The third-order valence-electron chi connectivity index (χ3n) is 2.25. The first kappa shape index (κ1) is 14.9. The third-order valence-corrected chi connectivity index (χ3v) is 3.16. The van der Waals surface area contributed by atoms with Crippen molar-refractivity contribution in [3.05, 3.63) is 38.4 Å². The highest BCUT2D eigenvalue weighted by molar-refractivity contribution is 9.08. The van der Waals surface area contributed by atoms with E-state index >= 15 is 0 Å².